The summed E-state index contributed by atoms with van der Waals surface area (Å²) in [5, 5.41) is 0. The fourth-order valence-corrected chi connectivity index (χ4v) is 6.12. The molecule has 28 heavy (non-hydrogen) atoms. The van der Waals surface area contributed by atoms with Crippen molar-refractivity contribution in [2.24, 2.45) is 5.41 Å². The molecule has 0 saturated carbocycles. The lowest BCUT2D eigenvalue weighted by Gasteiger charge is -2.17. The van der Waals surface area contributed by atoms with E-state index >= 15 is 0 Å². The van der Waals surface area contributed by atoms with Gasteiger partial charge in [0.15, 0.2) is 5.78 Å². The Morgan fingerprint density at radius 2 is 1.39 bits per heavy atom. The van der Waals surface area contributed by atoms with E-state index < -0.39 is 27.5 Å². The van der Waals surface area contributed by atoms with E-state index in [1.54, 1.807) is 0 Å². The maximum absolute atomic E-state index is 13.6. The number of rotatable bonds is 4. The van der Waals surface area contributed by atoms with Crippen LogP contribution in [-0.4, -0.2) is 24.5 Å². The van der Waals surface area contributed by atoms with E-state index in [0.717, 1.165) is 16.7 Å². The number of carbonyl (C=O) groups excluding carboxylic acids is 1. The molecule has 4 nitrogen and oxygen atoms in total. The molecule has 1 aliphatic rings. The first-order valence-corrected chi connectivity index (χ1v) is 11.0. The first kappa shape index (κ1) is 20.7. The topological polar surface area (TPSA) is 54.2 Å². The molecule has 0 N–H and O–H groups in total. The second-order valence-corrected chi connectivity index (χ2v) is 10.8. The van der Waals surface area contributed by atoms with Crippen LogP contribution < -0.4 is 0 Å². The first-order valence-electron chi connectivity index (χ1n) is 9.58. The molecule has 1 fully saturated rings. The Balaban J connectivity index is 2.11. The molecule has 3 rings (SSSR count). The van der Waals surface area contributed by atoms with E-state index in [4.69, 9.17) is 0 Å². The maximum Gasteiger partial charge on any atom is 0.244 e. The minimum Gasteiger partial charge on any atom is -0.297 e. The summed E-state index contributed by atoms with van der Waals surface area (Å²) in [6, 6.07) is 10.4. The van der Waals surface area contributed by atoms with Crippen LogP contribution in [-0.2, 0) is 14.8 Å². The van der Waals surface area contributed by atoms with Gasteiger partial charge in [-0.1, -0.05) is 68.3 Å². The van der Waals surface area contributed by atoms with Gasteiger partial charge in [-0.15, -0.1) is 0 Å². The van der Waals surface area contributed by atoms with E-state index in [1.165, 1.54) is 4.31 Å². The third kappa shape index (κ3) is 3.53. The van der Waals surface area contributed by atoms with Gasteiger partial charge in [0.2, 0.25) is 10.0 Å². The van der Waals surface area contributed by atoms with Crippen molar-refractivity contribution in [1.29, 1.82) is 0 Å². The predicted molar refractivity (Wildman–Crippen MR) is 112 cm³/mol. The molecule has 3 unspecified atom stereocenters. The average molecular weight is 400 g/mol. The molecule has 0 spiro atoms. The van der Waals surface area contributed by atoms with Crippen molar-refractivity contribution in [3.05, 3.63) is 64.2 Å². The molecule has 150 valence electrons. The Bertz CT molecular complexity index is 1010. The summed E-state index contributed by atoms with van der Waals surface area (Å²) in [5.74, 6) is -0.0518. The van der Waals surface area contributed by atoms with Gasteiger partial charge >= 0.3 is 0 Å². The van der Waals surface area contributed by atoms with Gasteiger partial charge in [0, 0.05) is 5.41 Å². The maximum atomic E-state index is 13.6. The van der Waals surface area contributed by atoms with E-state index in [2.05, 4.69) is 0 Å². The number of hydrogen-bond donors (Lipinski definition) is 0. The fraction of sp³-hybridized carbons (Fsp3) is 0.435. The molecule has 2 aromatic rings. The SMILES string of the molecule is Cc1ccc(C2C(C(=O)C(C)(C)C)N2S(=O)(=O)c2c(C)cc(C)cc2C)cc1. The van der Waals surface area contributed by atoms with Crippen LogP contribution in [0.3, 0.4) is 0 Å². The number of sulfonamides is 1. The van der Waals surface area contributed by atoms with E-state index in [9.17, 15) is 13.2 Å². The van der Waals surface area contributed by atoms with Crippen molar-refractivity contribution in [3.63, 3.8) is 0 Å². The summed E-state index contributed by atoms with van der Waals surface area (Å²) in [6.07, 6.45) is 0. The Hall–Kier alpha value is -1.98. The zero-order chi connectivity index (χ0) is 21.0. The highest BCUT2D eigenvalue weighted by atomic mass is 32.2. The molecule has 0 bridgehead atoms. The molecular formula is C23H29NO3S. The van der Waals surface area contributed by atoms with Gasteiger partial charge in [-0.25, -0.2) is 8.42 Å². The quantitative estimate of drug-likeness (QED) is 0.703. The van der Waals surface area contributed by atoms with E-state index in [-0.39, 0.29) is 5.78 Å². The smallest absolute Gasteiger partial charge is 0.244 e. The molecule has 1 aliphatic heterocycles. The number of Topliss-reactive ketones (excluding diaryl/α,β-unsaturated/α-hetero) is 1. The lowest BCUT2D eigenvalue weighted by molar-refractivity contribution is -0.126. The van der Waals surface area contributed by atoms with Crippen LogP contribution >= 0.6 is 0 Å². The zero-order valence-corrected chi connectivity index (χ0v) is 18.5. The van der Waals surface area contributed by atoms with Gasteiger partial charge in [0.1, 0.15) is 6.04 Å². The minimum atomic E-state index is -3.79. The molecule has 0 radical (unpaired) electrons. The van der Waals surface area contributed by atoms with Gasteiger partial charge < -0.3 is 0 Å². The summed E-state index contributed by atoms with van der Waals surface area (Å²) >= 11 is 0. The standard InChI is InChI=1S/C23H29NO3S/c1-14-8-10-18(11-9-14)19-20(22(25)23(5,6)7)24(19)28(26,27)21-16(3)12-15(2)13-17(21)4/h8-13,19-20H,1-7H3. The number of nitrogens with zero attached hydrogens (tertiary/aromatic N) is 1. The first-order chi connectivity index (χ1) is 12.9. The van der Waals surface area contributed by atoms with Crippen LogP contribution in [0.2, 0.25) is 0 Å². The second kappa shape index (κ2) is 6.82. The molecule has 1 saturated heterocycles. The lowest BCUT2D eigenvalue weighted by atomic mass is 9.87. The molecule has 0 aliphatic carbocycles. The molecule has 3 atom stereocenters. The Kier molecular flexibility index (Phi) is 5.05. The van der Waals surface area contributed by atoms with Crippen molar-refractivity contribution in [3.8, 4) is 0 Å². The van der Waals surface area contributed by atoms with Crippen molar-refractivity contribution in [2.75, 3.05) is 0 Å². The number of benzene rings is 2. The zero-order valence-electron chi connectivity index (χ0n) is 17.7. The van der Waals surface area contributed by atoms with E-state index in [0.29, 0.717) is 16.0 Å². The number of carbonyl (C=O) groups is 1. The summed E-state index contributed by atoms with van der Waals surface area (Å²) < 4.78 is 28.6. The Morgan fingerprint density at radius 3 is 1.86 bits per heavy atom. The monoisotopic (exact) mass is 399 g/mol. The van der Waals surface area contributed by atoms with Crippen LogP contribution in [0.15, 0.2) is 41.3 Å². The normalized spacial score (nSPS) is 22.2. The second-order valence-electron chi connectivity index (χ2n) is 8.98. The van der Waals surface area contributed by atoms with Crippen LogP contribution in [0.4, 0.5) is 0 Å². The highest BCUT2D eigenvalue weighted by Gasteiger charge is 2.61. The lowest BCUT2D eigenvalue weighted by Crippen LogP contribution is -2.29. The van der Waals surface area contributed by atoms with Crippen LogP contribution in [0.1, 0.15) is 54.6 Å². The molecular weight excluding hydrogens is 370 g/mol. The third-order valence-electron chi connectivity index (χ3n) is 5.32. The van der Waals surface area contributed by atoms with Crippen LogP contribution in [0, 0.1) is 33.1 Å². The third-order valence-corrected chi connectivity index (χ3v) is 7.49. The van der Waals surface area contributed by atoms with Crippen molar-refractivity contribution in [2.45, 2.75) is 65.4 Å². The molecule has 2 aromatic carbocycles. The average Bonchev–Trinajstić information content (AvgIpc) is 3.28. The summed E-state index contributed by atoms with van der Waals surface area (Å²) in [6.45, 7) is 13.1. The predicted octanol–water partition coefficient (Wildman–Crippen LogP) is 4.65. The van der Waals surface area contributed by atoms with Crippen LogP contribution in [0.25, 0.3) is 0 Å². The highest BCUT2D eigenvalue weighted by Crippen LogP contribution is 2.51. The van der Waals surface area contributed by atoms with Gasteiger partial charge in [-0.05, 0) is 44.4 Å². The van der Waals surface area contributed by atoms with Crippen molar-refractivity contribution in [1.82, 2.24) is 4.31 Å². The Labute approximate surface area is 168 Å². The van der Waals surface area contributed by atoms with E-state index in [1.807, 2.05) is 84.9 Å². The molecule has 5 heteroatoms. The van der Waals surface area contributed by atoms with Crippen LogP contribution in [0.5, 0.6) is 0 Å². The van der Waals surface area contributed by atoms with Gasteiger partial charge in [0.05, 0.1) is 10.9 Å². The molecule has 1 heterocycles. The van der Waals surface area contributed by atoms with Crippen molar-refractivity contribution < 1.29 is 13.2 Å². The number of ketones is 1. The van der Waals surface area contributed by atoms with Crippen molar-refractivity contribution >= 4 is 15.8 Å². The summed E-state index contributed by atoms with van der Waals surface area (Å²) in [5.41, 5.74) is 3.80. The number of hydrogen-bond acceptors (Lipinski definition) is 3. The van der Waals surface area contributed by atoms with Gasteiger partial charge in [-0.3, -0.25) is 4.79 Å². The summed E-state index contributed by atoms with van der Waals surface area (Å²) in [4.78, 5) is 13.4. The number of aryl methyl sites for hydroxylation is 4. The minimum absolute atomic E-state index is 0.0518. The highest BCUT2D eigenvalue weighted by molar-refractivity contribution is 7.89. The Morgan fingerprint density at radius 1 is 0.893 bits per heavy atom. The van der Waals surface area contributed by atoms with Gasteiger partial charge in [-0.2, -0.15) is 4.31 Å². The van der Waals surface area contributed by atoms with Gasteiger partial charge in [0.25, 0.3) is 0 Å². The molecule has 0 amide bonds. The molecule has 0 aromatic heterocycles. The summed E-state index contributed by atoms with van der Waals surface area (Å²) in [7, 11) is -3.79. The fourth-order valence-electron chi connectivity index (χ4n) is 3.98. The largest absolute Gasteiger partial charge is 0.297 e.